The van der Waals surface area contributed by atoms with E-state index in [0.29, 0.717) is 37.5 Å². The molecular formula is C24H32FN9O4. The van der Waals surface area contributed by atoms with E-state index in [1.807, 2.05) is 0 Å². The average molecular weight is 530 g/mol. The van der Waals surface area contributed by atoms with E-state index in [0.717, 1.165) is 18.0 Å². The minimum Gasteiger partial charge on any atom is -0.453 e. The average Bonchev–Trinajstić information content (AvgIpc) is 2.89. The van der Waals surface area contributed by atoms with Crippen LogP contribution in [-0.4, -0.2) is 74.2 Å². The number of pyridine rings is 1. The van der Waals surface area contributed by atoms with E-state index in [9.17, 15) is 14.0 Å². The Kier molecular flexibility index (Phi) is 11.2. The van der Waals surface area contributed by atoms with Crippen LogP contribution in [0, 0.1) is 23.7 Å². The smallest absolute Gasteiger partial charge is 0.409 e. The van der Waals surface area contributed by atoms with Crippen molar-refractivity contribution in [3.8, 4) is 0 Å². The molecule has 0 spiro atoms. The Balaban J connectivity index is 0.000000474. The molecule has 1 aromatic heterocycles. The number of nitrogens with zero attached hydrogens (tertiary/aromatic N) is 3. The van der Waals surface area contributed by atoms with Crippen molar-refractivity contribution in [2.24, 2.45) is 16.6 Å². The first kappa shape index (κ1) is 29.8. The number of carbonyl (C=O) groups is 2. The second-order valence-corrected chi connectivity index (χ2v) is 8.13. The summed E-state index contributed by atoms with van der Waals surface area (Å²) >= 11 is 0. The molecule has 1 aliphatic heterocycles. The van der Waals surface area contributed by atoms with Crippen molar-refractivity contribution in [3.63, 3.8) is 0 Å². The fraction of sp³-hybridized carbons (Fsp3) is 0.333. The summed E-state index contributed by atoms with van der Waals surface area (Å²) in [6.45, 7) is 3.80. The van der Waals surface area contributed by atoms with Gasteiger partial charge >= 0.3 is 6.09 Å². The zero-order chi connectivity index (χ0) is 28.2. The normalized spacial score (nSPS) is 13.0. The van der Waals surface area contributed by atoms with E-state index < -0.39 is 11.7 Å². The van der Waals surface area contributed by atoms with E-state index in [1.165, 1.54) is 26.4 Å². The van der Waals surface area contributed by atoms with E-state index in [4.69, 9.17) is 27.1 Å². The molecule has 204 valence electrons. The fourth-order valence-corrected chi connectivity index (χ4v) is 3.24. The topological polar surface area (TPSA) is 205 Å². The highest BCUT2D eigenvalue weighted by Crippen LogP contribution is 2.23. The number of nitrogens with one attached hydrogen (secondary N) is 4. The van der Waals surface area contributed by atoms with Gasteiger partial charge in [0.2, 0.25) is 0 Å². The summed E-state index contributed by atoms with van der Waals surface area (Å²) in [5.41, 5.74) is 20.0. The number of halogens is 1. The number of ether oxygens (including phenoxy) is 2. The highest BCUT2D eigenvalue weighted by Gasteiger charge is 2.27. The molecule has 3 rings (SSSR count). The van der Waals surface area contributed by atoms with Gasteiger partial charge in [0.05, 0.1) is 36.9 Å². The number of anilines is 2. The van der Waals surface area contributed by atoms with Gasteiger partial charge in [-0.2, -0.15) is 0 Å². The molecule has 2 amide bonds. The van der Waals surface area contributed by atoms with Crippen LogP contribution < -0.4 is 22.1 Å². The number of methoxy groups -OCH3 is 2. The molecule has 0 unspecified atom stereocenters. The van der Waals surface area contributed by atoms with Gasteiger partial charge in [-0.05, 0) is 24.6 Å². The number of aryl methyl sites for hydroxylation is 1. The lowest BCUT2D eigenvalue weighted by Gasteiger charge is -2.35. The van der Waals surface area contributed by atoms with Crippen LogP contribution in [-0.2, 0) is 14.3 Å². The molecule has 2 aromatic rings. The number of amides is 2. The summed E-state index contributed by atoms with van der Waals surface area (Å²) in [5.74, 6) is -1.35. The number of hydrogen-bond acceptors (Lipinski definition) is 10. The number of amidine groups is 1. The summed E-state index contributed by atoms with van der Waals surface area (Å²) in [5, 5.41) is 16.3. The lowest BCUT2D eigenvalue weighted by atomic mass is 10.1. The van der Waals surface area contributed by atoms with E-state index in [1.54, 1.807) is 24.0 Å². The second-order valence-electron chi connectivity index (χ2n) is 8.13. The molecule has 0 saturated carbocycles. The SMILES string of the molecule is COC(=O)N1CC(N)C1.COCCNc1cc(/C(=C\N)C(=O)Nc2cc(C(=N)N=N)ccc2C)ncc1F. The third-order valence-electron chi connectivity index (χ3n) is 5.38. The molecule has 0 bridgehead atoms. The van der Waals surface area contributed by atoms with Crippen LogP contribution in [0.25, 0.3) is 5.57 Å². The maximum atomic E-state index is 14.0. The lowest BCUT2D eigenvalue weighted by molar-refractivity contribution is -0.111. The molecule has 1 fully saturated rings. The first-order valence-corrected chi connectivity index (χ1v) is 11.4. The summed E-state index contributed by atoms with van der Waals surface area (Å²) in [4.78, 5) is 28.9. The molecule has 38 heavy (non-hydrogen) atoms. The highest BCUT2D eigenvalue weighted by molar-refractivity contribution is 6.25. The number of nitrogens with two attached hydrogens (primary N) is 2. The van der Waals surface area contributed by atoms with Crippen molar-refractivity contribution in [1.29, 1.82) is 10.9 Å². The summed E-state index contributed by atoms with van der Waals surface area (Å²) in [6.07, 6.45) is 1.82. The van der Waals surface area contributed by atoms with Crippen LogP contribution in [0.5, 0.6) is 0 Å². The summed E-state index contributed by atoms with van der Waals surface area (Å²) in [6, 6.07) is 6.41. The molecule has 2 heterocycles. The molecule has 14 heteroatoms. The minimum atomic E-state index is -0.567. The van der Waals surface area contributed by atoms with Crippen LogP contribution in [0.15, 0.2) is 41.8 Å². The Morgan fingerprint density at radius 1 is 1.29 bits per heavy atom. The Labute approximate surface area is 219 Å². The van der Waals surface area contributed by atoms with Gasteiger partial charge in [-0.25, -0.2) is 14.7 Å². The standard InChI is InChI=1S/C19H22FN7O2.C5H10N2O2/c1-11-3-4-12(18(22)27-23)7-15(11)26-19(28)13(9-21)16-8-17(14(20)10-25-16)24-5-6-29-2;1-9-5(8)7-2-4(6)3-7/h3-4,7-10,22-23H,5-6,21H2,1-2H3,(H,24,25)(H,26,28);4H,2-3,6H2,1H3/b13-9+,22-18?,27-23?;. The number of hydrogen-bond donors (Lipinski definition) is 6. The number of carbonyl (C=O) groups excluding carboxylic acids is 2. The number of aromatic nitrogens is 1. The van der Waals surface area contributed by atoms with Crippen molar-refractivity contribution in [3.05, 3.63) is 59.3 Å². The molecule has 1 saturated heterocycles. The first-order chi connectivity index (χ1) is 18.1. The van der Waals surface area contributed by atoms with Gasteiger partial charge in [0.25, 0.3) is 5.91 Å². The molecule has 0 aliphatic carbocycles. The van der Waals surface area contributed by atoms with E-state index in [2.05, 4.69) is 25.5 Å². The Morgan fingerprint density at radius 3 is 2.58 bits per heavy atom. The van der Waals surface area contributed by atoms with E-state index >= 15 is 0 Å². The fourth-order valence-electron chi connectivity index (χ4n) is 3.24. The van der Waals surface area contributed by atoms with Gasteiger partial charge in [0.15, 0.2) is 11.7 Å². The zero-order valence-electron chi connectivity index (χ0n) is 21.4. The Bertz CT molecular complexity index is 1200. The van der Waals surface area contributed by atoms with Crippen LogP contribution in [0.1, 0.15) is 16.8 Å². The van der Waals surface area contributed by atoms with Crippen molar-refractivity contribution in [2.45, 2.75) is 13.0 Å². The molecular weight excluding hydrogens is 497 g/mol. The van der Waals surface area contributed by atoms with Gasteiger partial charge in [-0.3, -0.25) is 15.2 Å². The predicted molar refractivity (Wildman–Crippen MR) is 140 cm³/mol. The number of benzene rings is 1. The van der Waals surface area contributed by atoms with Crippen molar-refractivity contribution < 1.29 is 23.5 Å². The highest BCUT2D eigenvalue weighted by atomic mass is 19.1. The van der Waals surface area contributed by atoms with Gasteiger partial charge < -0.3 is 36.5 Å². The zero-order valence-corrected chi connectivity index (χ0v) is 21.4. The molecule has 0 atom stereocenters. The number of likely N-dealkylation sites (tertiary alicyclic amines) is 1. The molecule has 13 nitrogen and oxygen atoms in total. The van der Waals surface area contributed by atoms with Crippen LogP contribution in [0.2, 0.25) is 0 Å². The number of rotatable bonds is 8. The van der Waals surface area contributed by atoms with Crippen molar-refractivity contribution in [2.75, 3.05) is 51.1 Å². The minimum absolute atomic E-state index is 0.0462. The van der Waals surface area contributed by atoms with Crippen LogP contribution >= 0.6 is 0 Å². The first-order valence-electron chi connectivity index (χ1n) is 11.4. The monoisotopic (exact) mass is 529 g/mol. The van der Waals surface area contributed by atoms with Crippen molar-refractivity contribution in [1.82, 2.24) is 9.88 Å². The molecule has 1 aliphatic rings. The Morgan fingerprint density at radius 2 is 2.00 bits per heavy atom. The molecule has 0 radical (unpaired) electrons. The third-order valence-corrected chi connectivity index (χ3v) is 5.38. The lowest BCUT2D eigenvalue weighted by Crippen LogP contribution is -2.57. The Hall–Kier alpha value is -4.43. The van der Waals surface area contributed by atoms with Gasteiger partial charge in [-0.15, -0.1) is 5.11 Å². The summed E-state index contributed by atoms with van der Waals surface area (Å²) in [7, 11) is 2.90. The largest absolute Gasteiger partial charge is 0.453 e. The van der Waals surface area contributed by atoms with Gasteiger partial charge in [0.1, 0.15) is 0 Å². The quantitative estimate of drug-likeness (QED) is 0.0981. The van der Waals surface area contributed by atoms with Crippen molar-refractivity contribution >= 4 is 34.8 Å². The molecule has 8 N–H and O–H groups in total. The van der Waals surface area contributed by atoms with Crippen LogP contribution in [0.3, 0.4) is 0 Å². The van der Waals surface area contributed by atoms with E-state index in [-0.39, 0.29) is 34.9 Å². The second kappa shape index (κ2) is 14.3. The summed E-state index contributed by atoms with van der Waals surface area (Å²) < 4.78 is 23.3. The molecule has 1 aromatic carbocycles. The van der Waals surface area contributed by atoms with Gasteiger partial charge in [0, 0.05) is 50.2 Å². The maximum absolute atomic E-state index is 14.0. The third kappa shape index (κ3) is 8.04. The predicted octanol–water partition coefficient (Wildman–Crippen LogP) is 2.28. The maximum Gasteiger partial charge on any atom is 0.409 e. The van der Waals surface area contributed by atoms with Crippen LogP contribution in [0.4, 0.5) is 20.6 Å². The van der Waals surface area contributed by atoms with Gasteiger partial charge in [-0.1, -0.05) is 12.1 Å².